The van der Waals surface area contributed by atoms with E-state index < -0.39 is 17.2 Å². The Bertz CT molecular complexity index is 758. The van der Waals surface area contributed by atoms with Crippen molar-refractivity contribution in [2.45, 2.75) is 13.5 Å². The highest BCUT2D eigenvalue weighted by atomic mass is 35.5. The molecule has 112 valence electrons. The van der Waals surface area contributed by atoms with E-state index in [1.54, 1.807) is 4.57 Å². The first-order valence-corrected chi connectivity index (χ1v) is 6.78. The molecule has 0 aliphatic heterocycles. The molecule has 0 spiro atoms. The van der Waals surface area contributed by atoms with Crippen molar-refractivity contribution >= 4 is 28.4 Å². The van der Waals surface area contributed by atoms with Crippen LogP contribution >= 0.6 is 11.6 Å². The van der Waals surface area contributed by atoms with Gasteiger partial charge in [-0.25, -0.2) is 4.39 Å². The molecule has 1 heterocycles. The number of aliphatic hydroxyl groups is 1. The van der Waals surface area contributed by atoms with Gasteiger partial charge in [-0.2, -0.15) is 0 Å². The zero-order valence-electron chi connectivity index (χ0n) is 11.3. The van der Waals surface area contributed by atoms with Crippen molar-refractivity contribution in [1.29, 1.82) is 0 Å². The first-order chi connectivity index (χ1) is 9.99. The fourth-order valence-corrected chi connectivity index (χ4v) is 2.23. The summed E-state index contributed by atoms with van der Waals surface area (Å²) in [5, 5.41) is 11.1. The van der Waals surface area contributed by atoms with Crippen molar-refractivity contribution in [2.75, 3.05) is 13.2 Å². The number of pyridine rings is 1. The van der Waals surface area contributed by atoms with Crippen molar-refractivity contribution in [3.05, 3.63) is 45.0 Å². The van der Waals surface area contributed by atoms with E-state index in [1.807, 2.05) is 6.92 Å². The van der Waals surface area contributed by atoms with E-state index >= 15 is 0 Å². The molecule has 0 saturated carbocycles. The molecule has 0 radical (unpaired) electrons. The molecule has 0 saturated heterocycles. The second-order valence-corrected chi connectivity index (χ2v) is 4.83. The second-order valence-electron chi connectivity index (χ2n) is 4.42. The van der Waals surface area contributed by atoms with E-state index in [2.05, 4.69) is 5.32 Å². The standard InChI is InChI=1S/C14H14ClFN2O3/c1-2-18-7-9(14(21)17-3-4-19)13(20)8-5-11(16)10(15)6-12(8)18/h5-7,19H,2-4H2,1H3,(H,17,21). The first kappa shape index (κ1) is 15.5. The lowest BCUT2D eigenvalue weighted by Gasteiger charge is -2.12. The van der Waals surface area contributed by atoms with Crippen LogP contribution in [0.25, 0.3) is 10.9 Å². The van der Waals surface area contributed by atoms with Crippen LogP contribution in [0.2, 0.25) is 5.02 Å². The number of benzene rings is 1. The normalized spacial score (nSPS) is 10.9. The molecular weight excluding hydrogens is 299 g/mol. The minimum absolute atomic E-state index is 0.0391. The monoisotopic (exact) mass is 312 g/mol. The fraction of sp³-hybridized carbons (Fsp3) is 0.286. The maximum Gasteiger partial charge on any atom is 0.256 e. The van der Waals surface area contributed by atoms with Crippen LogP contribution in [0.1, 0.15) is 17.3 Å². The van der Waals surface area contributed by atoms with Gasteiger partial charge in [0.1, 0.15) is 11.4 Å². The Morgan fingerprint density at radius 3 is 2.81 bits per heavy atom. The Hall–Kier alpha value is -1.92. The largest absolute Gasteiger partial charge is 0.395 e. The van der Waals surface area contributed by atoms with Gasteiger partial charge in [0.05, 0.1) is 17.1 Å². The molecule has 2 aromatic rings. The van der Waals surface area contributed by atoms with Gasteiger partial charge in [-0.1, -0.05) is 11.6 Å². The smallest absolute Gasteiger partial charge is 0.256 e. The van der Waals surface area contributed by atoms with Crippen LogP contribution < -0.4 is 10.7 Å². The van der Waals surface area contributed by atoms with Crippen molar-refractivity contribution < 1.29 is 14.3 Å². The highest BCUT2D eigenvalue weighted by molar-refractivity contribution is 6.31. The summed E-state index contributed by atoms with van der Waals surface area (Å²) in [7, 11) is 0. The molecule has 1 aromatic carbocycles. The average Bonchev–Trinajstić information content (AvgIpc) is 2.47. The predicted octanol–water partition coefficient (Wildman–Crippen LogP) is 1.54. The molecule has 0 unspecified atom stereocenters. The topological polar surface area (TPSA) is 71.3 Å². The summed E-state index contributed by atoms with van der Waals surface area (Å²) >= 11 is 5.74. The Balaban J connectivity index is 2.69. The van der Waals surface area contributed by atoms with Crippen LogP contribution in [0.5, 0.6) is 0 Å². The van der Waals surface area contributed by atoms with Crippen LogP contribution in [0.3, 0.4) is 0 Å². The van der Waals surface area contributed by atoms with Gasteiger partial charge in [0, 0.05) is 24.7 Å². The zero-order chi connectivity index (χ0) is 15.6. The van der Waals surface area contributed by atoms with Gasteiger partial charge in [0.2, 0.25) is 5.43 Å². The minimum atomic E-state index is -0.711. The summed E-state index contributed by atoms with van der Waals surface area (Å²) in [6, 6.07) is 2.40. The van der Waals surface area contributed by atoms with E-state index in [1.165, 1.54) is 12.3 Å². The lowest BCUT2D eigenvalue weighted by Crippen LogP contribution is -2.31. The maximum atomic E-state index is 13.6. The van der Waals surface area contributed by atoms with Crippen LogP contribution in [0, 0.1) is 5.82 Å². The van der Waals surface area contributed by atoms with Gasteiger partial charge in [-0.15, -0.1) is 0 Å². The van der Waals surface area contributed by atoms with Crippen molar-refractivity contribution in [3.8, 4) is 0 Å². The predicted molar refractivity (Wildman–Crippen MR) is 78.3 cm³/mol. The molecule has 2 N–H and O–H groups in total. The zero-order valence-corrected chi connectivity index (χ0v) is 12.1. The number of aliphatic hydroxyl groups excluding tert-OH is 1. The molecule has 0 aliphatic carbocycles. The molecule has 2 rings (SSSR count). The molecule has 0 atom stereocenters. The third-order valence-electron chi connectivity index (χ3n) is 3.10. The molecular formula is C14H14ClFN2O3. The number of hydrogen-bond donors (Lipinski definition) is 2. The summed E-state index contributed by atoms with van der Waals surface area (Å²) < 4.78 is 15.2. The number of aromatic nitrogens is 1. The van der Waals surface area contributed by atoms with Gasteiger partial charge < -0.3 is 15.0 Å². The number of carbonyl (C=O) groups excluding carboxylic acids is 1. The van der Waals surface area contributed by atoms with E-state index in [9.17, 15) is 14.0 Å². The van der Waals surface area contributed by atoms with Crippen molar-refractivity contribution in [1.82, 2.24) is 9.88 Å². The summed E-state index contributed by atoms with van der Waals surface area (Å²) in [5.41, 5.74) is -0.201. The Labute approximate surface area is 125 Å². The number of aryl methyl sites for hydroxylation is 1. The molecule has 21 heavy (non-hydrogen) atoms. The highest BCUT2D eigenvalue weighted by Crippen LogP contribution is 2.21. The van der Waals surface area contributed by atoms with Gasteiger partial charge >= 0.3 is 0 Å². The number of halogens is 2. The third-order valence-corrected chi connectivity index (χ3v) is 3.39. The number of nitrogens with one attached hydrogen (secondary N) is 1. The van der Waals surface area contributed by atoms with E-state index in [0.29, 0.717) is 12.1 Å². The van der Waals surface area contributed by atoms with Crippen molar-refractivity contribution in [2.24, 2.45) is 0 Å². The lowest BCUT2D eigenvalue weighted by molar-refractivity contribution is 0.0943. The van der Waals surface area contributed by atoms with E-state index in [0.717, 1.165) is 6.07 Å². The summed E-state index contributed by atoms with van der Waals surface area (Å²) in [6.07, 6.45) is 1.41. The molecule has 1 aromatic heterocycles. The van der Waals surface area contributed by atoms with Crippen molar-refractivity contribution in [3.63, 3.8) is 0 Å². The van der Waals surface area contributed by atoms with Crippen LogP contribution in [-0.4, -0.2) is 28.7 Å². The number of carbonyl (C=O) groups is 1. The van der Waals surface area contributed by atoms with Crippen LogP contribution in [0.15, 0.2) is 23.1 Å². The van der Waals surface area contributed by atoms with Gasteiger partial charge in [-0.3, -0.25) is 9.59 Å². The number of fused-ring (bicyclic) bond motifs is 1. The average molecular weight is 313 g/mol. The Kier molecular flexibility index (Phi) is 4.59. The van der Waals surface area contributed by atoms with Crippen LogP contribution in [0.4, 0.5) is 4.39 Å². The summed E-state index contributed by atoms with van der Waals surface area (Å²) in [4.78, 5) is 24.3. The molecule has 7 heteroatoms. The Morgan fingerprint density at radius 1 is 1.48 bits per heavy atom. The first-order valence-electron chi connectivity index (χ1n) is 6.40. The molecule has 0 aliphatic rings. The Morgan fingerprint density at radius 2 is 2.19 bits per heavy atom. The fourth-order valence-electron chi connectivity index (χ4n) is 2.07. The maximum absolute atomic E-state index is 13.6. The van der Waals surface area contributed by atoms with Gasteiger partial charge in [0.15, 0.2) is 0 Å². The van der Waals surface area contributed by atoms with E-state index in [4.69, 9.17) is 16.7 Å². The lowest BCUT2D eigenvalue weighted by atomic mass is 10.1. The quantitative estimate of drug-likeness (QED) is 0.899. The number of rotatable bonds is 4. The second kappa shape index (κ2) is 6.24. The number of nitrogens with zero attached hydrogens (tertiary/aromatic N) is 1. The third kappa shape index (κ3) is 2.91. The molecule has 1 amide bonds. The summed E-state index contributed by atoms with van der Waals surface area (Å²) in [6.45, 7) is 2.12. The van der Waals surface area contributed by atoms with Gasteiger partial charge in [-0.05, 0) is 19.1 Å². The van der Waals surface area contributed by atoms with Gasteiger partial charge in [0.25, 0.3) is 5.91 Å². The molecule has 0 bridgehead atoms. The molecule has 0 fully saturated rings. The highest BCUT2D eigenvalue weighted by Gasteiger charge is 2.16. The molecule has 5 nitrogen and oxygen atoms in total. The van der Waals surface area contributed by atoms with E-state index in [-0.39, 0.29) is 29.1 Å². The SMILES string of the molecule is CCn1cc(C(=O)NCCO)c(=O)c2cc(F)c(Cl)cc21. The summed E-state index contributed by atoms with van der Waals surface area (Å²) in [5.74, 6) is -1.31. The number of amides is 1. The minimum Gasteiger partial charge on any atom is -0.395 e. The van der Waals surface area contributed by atoms with Crippen LogP contribution in [-0.2, 0) is 6.54 Å². The number of hydrogen-bond acceptors (Lipinski definition) is 3.